The van der Waals surface area contributed by atoms with Crippen molar-refractivity contribution >= 4 is 8.41 Å². The summed E-state index contributed by atoms with van der Waals surface area (Å²) in [6, 6.07) is 0. The van der Waals surface area contributed by atoms with Crippen LogP contribution in [0.2, 0.25) is 0 Å². The SMILES string of the molecule is [B].[W].[W].[W].[W].[W].[W].[W].[W].[W].[W].[W].[W].[W].[W].[W].[W].[W].[W].[W].[W].[W].[W].[W].[W].[W].[W].[W].[W].[W].[W].[W].[W].[W].[W].[W].[W].[W].[W].[W].[W].[W].[W].[W].[W].[W].[W].[W].[W].[W].[W].[W].[W].[W].[W].[W].[W].[W].[W].[W].[W].[W].[W].[W].[W].[W].[W].[W].[W].[W].[W].[W].[W].[W].[W].[W].[W].[W].[W].[W].[W].[W].[W].[W].[W].[W].[W].[W].[W].[W].[W].[W].[W].[W].[W].[W].[W].[W].[W].[W].[W].[W].[W].[W].[W].[W].[W].[W].[W].[W].[W].[W].[W].[W].[W].[W].[W].[W].[W].[W].[W].[W].[W].[W].[W].[W].[W].[W].[W].[W].[W].[W].[W].[W].[W].[W].[W].[W].[W].[W]. The Labute approximate surface area is 2840 Å². The van der Waals surface area contributed by atoms with Crippen LogP contribution in [0.1, 0.15) is 0 Å². The van der Waals surface area contributed by atoms with Gasteiger partial charge >= 0.3 is 0 Å². The van der Waals surface area contributed by atoms with Gasteiger partial charge in [0.05, 0.1) is 0 Å². The van der Waals surface area contributed by atoms with Crippen molar-refractivity contribution in [2.24, 2.45) is 0 Å². The Bertz CT molecular complexity index is 8.57. The molecule has 0 aromatic rings. The first-order valence-electron chi connectivity index (χ1n) is 0. The summed E-state index contributed by atoms with van der Waals surface area (Å²) >= 11 is 0. The molecule has 0 amide bonds. The third-order valence-electron chi connectivity index (χ3n) is 0. The van der Waals surface area contributed by atoms with Crippen LogP contribution in [-0.2, 0) is 2930 Å². The number of hydrogen-bond acceptors (Lipinski definition) is 0. The molecular formula is BW139. The van der Waals surface area contributed by atoms with Crippen LogP contribution in [0.4, 0.5) is 0 Å². The van der Waals surface area contributed by atoms with E-state index in [0.717, 1.165) is 0 Å². The fraction of sp³-hybridized carbons (Fsp3) is 0. The van der Waals surface area contributed by atoms with Crippen molar-refractivity contribution in [1.82, 2.24) is 0 Å². The van der Waals surface area contributed by atoms with Gasteiger partial charge in [0, 0.05) is 2940 Å². The van der Waals surface area contributed by atoms with Crippen LogP contribution >= 0.6 is 0 Å². The summed E-state index contributed by atoms with van der Waals surface area (Å²) in [6.45, 7) is 0. The van der Waals surface area contributed by atoms with Crippen LogP contribution in [0.25, 0.3) is 0 Å². The molecule has 837 valence electrons. The largest absolute Gasteiger partial charge is 0 e. The van der Waals surface area contributed by atoms with E-state index in [-0.39, 0.29) is 2940 Å². The molecule has 0 aromatic heterocycles. The second-order valence-electron chi connectivity index (χ2n) is 0. The molecule has 0 rings (SSSR count). The van der Waals surface area contributed by atoms with Gasteiger partial charge < -0.3 is 0 Å². The van der Waals surface area contributed by atoms with Crippen molar-refractivity contribution in [3.05, 3.63) is 0 Å². The molecule has 0 N–H and O–H groups in total. The van der Waals surface area contributed by atoms with Crippen molar-refractivity contribution in [2.45, 2.75) is 0 Å². The third-order valence-corrected chi connectivity index (χ3v) is 0. The fourth-order valence-corrected chi connectivity index (χ4v) is 0. The van der Waals surface area contributed by atoms with Gasteiger partial charge in [0.15, 0.2) is 0 Å². The van der Waals surface area contributed by atoms with E-state index in [1.807, 2.05) is 0 Å². The molecule has 140 heavy (non-hydrogen) atoms. The molecule has 140 heteroatoms. The molecule has 0 aliphatic rings. The van der Waals surface area contributed by atoms with Gasteiger partial charge in [-0.3, -0.25) is 0 Å². The van der Waals surface area contributed by atoms with E-state index in [0.29, 0.717) is 0 Å². The molecular weight excluding hydrogens is 25600 g/mol. The molecule has 0 saturated carbocycles. The van der Waals surface area contributed by atoms with Gasteiger partial charge in [-0.25, -0.2) is 0 Å². The number of hydrogen-bond donors (Lipinski definition) is 0. The Morgan fingerprint density at radius 3 is 0.0143 bits per heavy atom. The van der Waals surface area contributed by atoms with E-state index in [9.17, 15) is 0 Å². The van der Waals surface area contributed by atoms with E-state index in [1.165, 1.54) is 0 Å². The van der Waals surface area contributed by atoms with Gasteiger partial charge in [0.25, 0.3) is 0 Å². The van der Waals surface area contributed by atoms with Gasteiger partial charge in [0.1, 0.15) is 0 Å². The fourth-order valence-electron chi connectivity index (χ4n) is 0. The van der Waals surface area contributed by atoms with E-state index in [4.69, 9.17) is 0 Å². The van der Waals surface area contributed by atoms with Crippen molar-refractivity contribution < 1.29 is 2930 Å². The molecule has 0 saturated heterocycles. The predicted molar refractivity (Wildman–Crippen MR) is 5.75 cm³/mol. The summed E-state index contributed by atoms with van der Waals surface area (Å²) in [5, 5.41) is 0. The average Bonchev–Trinajstić information content (AvgIpc) is 0. The maximum Gasteiger partial charge on any atom is 0 e. The van der Waals surface area contributed by atoms with Gasteiger partial charge in [-0.15, -0.1) is 0 Å². The summed E-state index contributed by atoms with van der Waals surface area (Å²) in [4.78, 5) is 0. The Hall–Kier alpha value is 95.7. The quantitative estimate of drug-likeness (QED) is 0.282. The molecule has 0 aliphatic heterocycles. The predicted octanol–water partition coefficient (Wildman–Crippen LogP) is -0.728. The van der Waals surface area contributed by atoms with Gasteiger partial charge in [0.2, 0.25) is 0 Å². The summed E-state index contributed by atoms with van der Waals surface area (Å²) in [7, 11) is 0. The molecule has 0 bridgehead atoms. The Morgan fingerprint density at radius 2 is 0.0143 bits per heavy atom. The minimum absolute atomic E-state index is 0. The molecule has 0 atom stereocenters. The van der Waals surface area contributed by atoms with Crippen molar-refractivity contribution in [3.63, 3.8) is 0 Å². The summed E-state index contributed by atoms with van der Waals surface area (Å²) in [5.74, 6) is 0. The molecule has 0 nitrogen and oxygen atoms in total. The zero-order valence-electron chi connectivity index (χ0n) is 57.3. The minimum Gasteiger partial charge on any atom is 0 e. The smallest absolute Gasteiger partial charge is 0 e. The van der Waals surface area contributed by atoms with Crippen molar-refractivity contribution in [1.29, 1.82) is 0 Å². The van der Waals surface area contributed by atoms with Crippen LogP contribution in [0.5, 0.6) is 0 Å². The third kappa shape index (κ3) is 1380. The van der Waals surface area contributed by atoms with E-state index in [1.54, 1.807) is 0 Å². The maximum absolute atomic E-state index is 0. The second kappa shape index (κ2) is 1400. The zero-order valence-corrected chi connectivity index (χ0v) is 465. The number of rotatable bonds is 0. The maximum atomic E-state index is 0. The van der Waals surface area contributed by atoms with E-state index in [2.05, 4.69) is 0 Å². The Balaban J connectivity index is 0. The van der Waals surface area contributed by atoms with Crippen LogP contribution in [0.3, 0.4) is 0 Å². The van der Waals surface area contributed by atoms with Gasteiger partial charge in [-0.05, 0) is 0 Å². The molecule has 3 radical (unpaired) electrons. The Kier molecular flexibility index (Phi) is 14200. The van der Waals surface area contributed by atoms with Crippen molar-refractivity contribution in [2.75, 3.05) is 0 Å². The summed E-state index contributed by atoms with van der Waals surface area (Å²) in [6.07, 6.45) is 0. The van der Waals surface area contributed by atoms with Crippen LogP contribution < -0.4 is 0 Å². The molecule has 0 unspecified atom stereocenters. The van der Waals surface area contributed by atoms with Crippen LogP contribution in [0, 0.1) is 0 Å². The van der Waals surface area contributed by atoms with Gasteiger partial charge in [-0.1, -0.05) is 0 Å². The first-order chi connectivity index (χ1) is 0. The van der Waals surface area contributed by atoms with Crippen LogP contribution in [-0.4, -0.2) is 8.41 Å². The topological polar surface area (TPSA) is 0 Å². The minimum atomic E-state index is 0. The summed E-state index contributed by atoms with van der Waals surface area (Å²) < 4.78 is 0. The first kappa shape index (κ1) is 1420. The molecule has 0 heterocycles. The van der Waals surface area contributed by atoms with E-state index >= 15 is 0 Å². The summed E-state index contributed by atoms with van der Waals surface area (Å²) in [5.41, 5.74) is 0. The average molecular weight is 25600 g/mol. The second-order valence-corrected chi connectivity index (χ2v) is 0. The van der Waals surface area contributed by atoms with Crippen molar-refractivity contribution in [3.8, 4) is 0 Å². The normalized spacial score (nSPS) is 0. The van der Waals surface area contributed by atoms with Crippen LogP contribution in [0.15, 0.2) is 0 Å². The monoisotopic (exact) mass is 25600 g/mol. The van der Waals surface area contributed by atoms with Gasteiger partial charge in [-0.2, -0.15) is 0 Å². The van der Waals surface area contributed by atoms with E-state index < -0.39 is 0 Å². The molecule has 0 fully saturated rings. The zero-order chi connectivity index (χ0) is 0. The molecule has 0 aliphatic carbocycles. The molecule has 0 aromatic carbocycles. The molecule has 0 spiro atoms. The Morgan fingerprint density at radius 1 is 0.0143 bits per heavy atom. The standard InChI is InChI=1S/B.139W. The first-order valence-corrected chi connectivity index (χ1v) is 0.